The van der Waals surface area contributed by atoms with E-state index < -0.39 is 22.5 Å². The number of aliphatic carboxylic acids is 1. The molecule has 2 heterocycles. The molecule has 140 valence electrons. The molecule has 0 fully saturated rings. The van der Waals surface area contributed by atoms with Crippen molar-refractivity contribution in [2.24, 2.45) is 14.1 Å². The molecule has 0 saturated carbocycles. The van der Waals surface area contributed by atoms with Crippen molar-refractivity contribution in [3.05, 3.63) is 50.7 Å². The average Bonchev–Trinajstić information content (AvgIpc) is 2.64. The lowest BCUT2D eigenvalue weighted by atomic mass is 10.1. The van der Waals surface area contributed by atoms with E-state index in [4.69, 9.17) is 0 Å². The van der Waals surface area contributed by atoms with Gasteiger partial charge in [-0.2, -0.15) is 0 Å². The van der Waals surface area contributed by atoms with Crippen LogP contribution in [0.2, 0.25) is 0 Å². The van der Waals surface area contributed by atoms with Crippen molar-refractivity contribution in [3.63, 3.8) is 0 Å². The first-order valence-electron chi connectivity index (χ1n) is 8.15. The van der Waals surface area contributed by atoms with Crippen LogP contribution < -0.4 is 11.2 Å². The van der Waals surface area contributed by atoms with Crippen molar-refractivity contribution in [2.45, 2.75) is 24.1 Å². The Morgan fingerprint density at radius 2 is 1.74 bits per heavy atom. The molecule has 1 aromatic carbocycles. The van der Waals surface area contributed by atoms with Crippen LogP contribution in [0.5, 0.6) is 0 Å². The van der Waals surface area contributed by atoms with Crippen molar-refractivity contribution in [1.29, 1.82) is 0 Å². The van der Waals surface area contributed by atoms with Gasteiger partial charge in [-0.05, 0) is 13.8 Å². The maximum absolute atomic E-state index is 12.7. The smallest absolute Gasteiger partial charge is 0.332 e. The van der Waals surface area contributed by atoms with E-state index in [0.717, 1.165) is 21.9 Å². The Balaban J connectivity index is 2.37. The molecule has 0 spiro atoms. The highest BCUT2D eigenvalue weighted by Crippen LogP contribution is 2.29. The van der Waals surface area contributed by atoms with E-state index in [1.165, 1.54) is 25.6 Å². The minimum Gasteiger partial charge on any atom is -0.480 e. The number of nitrogens with zero attached hydrogens (tertiary/aromatic N) is 4. The minimum absolute atomic E-state index is 0.133. The standard InChI is InChI=1S/C18H18N4O4S/c1-9-5-7-11(8-6-9)13-19-14-12(15(20-13)27-10(2)17(24)25)16(23)22(4)18(26)21(14)3/h5-8,10H,1-4H3,(H,24,25)/t10-/m1/s1. The fourth-order valence-corrected chi connectivity index (χ4v) is 3.44. The van der Waals surface area contributed by atoms with Gasteiger partial charge in [-0.15, -0.1) is 0 Å². The molecule has 8 nitrogen and oxygen atoms in total. The van der Waals surface area contributed by atoms with E-state index in [1.807, 2.05) is 31.2 Å². The molecule has 0 radical (unpaired) electrons. The third-order valence-electron chi connectivity index (χ3n) is 4.21. The third kappa shape index (κ3) is 3.37. The zero-order valence-electron chi connectivity index (χ0n) is 15.3. The molecule has 1 atom stereocenters. The Hall–Kier alpha value is -2.94. The van der Waals surface area contributed by atoms with Gasteiger partial charge >= 0.3 is 11.7 Å². The number of carboxylic acids is 1. The van der Waals surface area contributed by atoms with Crippen LogP contribution in [0, 0.1) is 6.92 Å². The van der Waals surface area contributed by atoms with Crippen LogP contribution in [0.4, 0.5) is 0 Å². The number of aromatic nitrogens is 4. The summed E-state index contributed by atoms with van der Waals surface area (Å²) in [5, 5.41) is 8.80. The summed E-state index contributed by atoms with van der Waals surface area (Å²) in [6, 6.07) is 7.48. The molecule has 0 saturated heterocycles. The Kier molecular flexibility index (Phi) is 4.88. The second-order valence-corrected chi connectivity index (χ2v) is 7.55. The predicted octanol–water partition coefficient (Wildman–Crippen LogP) is 1.57. The summed E-state index contributed by atoms with van der Waals surface area (Å²) in [7, 11) is 2.89. The Bertz CT molecular complexity index is 1170. The normalized spacial score (nSPS) is 12.3. The quantitative estimate of drug-likeness (QED) is 0.536. The van der Waals surface area contributed by atoms with Gasteiger partial charge in [-0.3, -0.25) is 18.7 Å². The zero-order chi connectivity index (χ0) is 19.9. The molecule has 3 aromatic rings. The molecule has 27 heavy (non-hydrogen) atoms. The Morgan fingerprint density at radius 1 is 1.11 bits per heavy atom. The first kappa shape index (κ1) is 18.8. The molecular weight excluding hydrogens is 368 g/mol. The second kappa shape index (κ2) is 6.99. The predicted molar refractivity (Wildman–Crippen MR) is 103 cm³/mol. The van der Waals surface area contributed by atoms with Gasteiger partial charge in [0.1, 0.15) is 15.7 Å². The van der Waals surface area contributed by atoms with E-state index in [0.29, 0.717) is 11.4 Å². The summed E-state index contributed by atoms with van der Waals surface area (Å²) in [6.07, 6.45) is 0. The van der Waals surface area contributed by atoms with Crippen molar-refractivity contribution in [3.8, 4) is 11.4 Å². The van der Waals surface area contributed by atoms with E-state index in [-0.39, 0.29) is 16.1 Å². The number of carboxylic acid groups (broad SMARTS) is 1. The zero-order valence-corrected chi connectivity index (χ0v) is 16.1. The molecule has 0 unspecified atom stereocenters. The molecule has 3 rings (SSSR count). The summed E-state index contributed by atoms with van der Waals surface area (Å²) in [6.45, 7) is 3.47. The van der Waals surface area contributed by atoms with Gasteiger partial charge in [-0.25, -0.2) is 14.8 Å². The average molecular weight is 386 g/mol. The first-order chi connectivity index (χ1) is 12.7. The molecule has 0 aliphatic heterocycles. The summed E-state index contributed by atoms with van der Waals surface area (Å²) >= 11 is 0.951. The molecule has 0 bridgehead atoms. The summed E-state index contributed by atoms with van der Waals surface area (Å²) < 4.78 is 2.23. The van der Waals surface area contributed by atoms with Crippen molar-refractivity contribution in [2.75, 3.05) is 0 Å². The van der Waals surface area contributed by atoms with Gasteiger partial charge in [0.2, 0.25) is 0 Å². The second-order valence-electron chi connectivity index (χ2n) is 6.22. The number of rotatable bonds is 4. The van der Waals surface area contributed by atoms with Crippen LogP contribution in [0.1, 0.15) is 12.5 Å². The van der Waals surface area contributed by atoms with Gasteiger partial charge in [0.25, 0.3) is 5.56 Å². The number of thioether (sulfide) groups is 1. The lowest BCUT2D eigenvalue weighted by Gasteiger charge is -2.13. The fourth-order valence-electron chi connectivity index (χ4n) is 2.56. The highest BCUT2D eigenvalue weighted by Gasteiger charge is 2.22. The monoisotopic (exact) mass is 386 g/mol. The Labute approximate surface area is 158 Å². The highest BCUT2D eigenvalue weighted by molar-refractivity contribution is 8.00. The molecule has 1 N–H and O–H groups in total. The van der Waals surface area contributed by atoms with Crippen LogP contribution in [0.25, 0.3) is 22.4 Å². The molecule has 9 heteroatoms. The topological polar surface area (TPSA) is 107 Å². The lowest BCUT2D eigenvalue weighted by Crippen LogP contribution is -2.37. The van der Waals surface area contributed by atoms with Gasteiger partial charge in [0, 0.05) is 19.7 Å². The molecule has 0 amide bonds. The van der Waals surface area contributed by atoms with E-state index in [9.17, 15) is 19.5 Å². The van der Waals surface area contributed by atoms with Crippen LogP contribution in [0.15, 0.2) is 38.9 Å². The van der Waals surface area contributed by atoms with E-state index in [2.05, 4.69) is 9.97 Å². The van der Waals surface area contributed by atoms with Crippen molar-refractivity contribution < 1.29 is 9.90 Å². The number of fused-ring (bicyclic) bond motifs is 1. The van der Waals surface area contributed by atoms with Crippen LogP contribution in [-0.4, -0.2) is 35.4 Å². The molecule has 0 aliphatic carbocycles. The largest absolute Gasteiger partial charge is 0.480 e. The lowest BCUT2D eigenvalue weighted by molar-refractivity contribution is -0.136. The van der Waals surface area contributed by atoms with Gasteiger partial charge in [0.05, 0.1) is 0 Å². The number of carbonyl (C=O) groups is 1. The summed E-state index contributed by atoms with van der Waals surface area (Å²) in [5.41, 5.74) is 0.885. The SMILES string of the molecule is Cc1ccc(-c2nc(S[C@H](C)C(=O)O)c3c(=O)n(C)c(=O)n(C)c3n2)cc1. The highest BCUT2D eigenvalue weighted by atomic mass is 32.2. The third-order valence-corrected chi connectivity index (χ3v) is 5.29. The number of aryl methyl sites for hydroxylation is 2. The number of hydrogen-bond donors (Lipinski definition) is 1. The van der Waals surface area contributed by atoms with Gasteiger partial charge < -0.3 is 5.11 Å². The number of hydrogen-bond acceptors (Lipinski definition) is 6. The van der Waals surface area contributed by atoms with Crippen LogP contribution in [0.3, 0.4) is 0 Å². The maximum Gasteiger partial charge on any atom is 0.332 e. The molecule has 2 aromatic heterocycles. The van der Waals surface area contributed by atoms with Crippen molar-refractivity contribution in [1.82, 2.24) is 19.1 Å². The van der Waals surface area contributed by atoms with E-state index >= 15 is 0 Å². The van der Waals surface area contributed by atoms with Crippen LogP contribution in [-0.2, 0) is 18.9 Å². The summed E-state index contributed by atoms with van der Waals surface area (Å²) in [5.74, 6) is -0.698. The fraction of sp³-hybridized carbons (Fsp3) is 0.278. The Morgan fingerprint density at radius 3 is 2.33 bits per heavy atom. The van der Waals surface area contributed by atoms with Crippen molar-refractivity contribution >= 4 is 28.8 Å². The number of benzene rings is 1. The molecule has 0 aliphatic rings. The maximum atomic E-state index is 12.7. The van der Waals surface area contributed by atoms with Crippen LogP contribution >= 0.6 is 11.8 Å². The summed E-state index contributed by atoms with van der Waals surface area (Å²) in [4.78, 5) is 45.2. The minimum atomic E-state index is -1.02. The van der Waals surface area contributed by atoms with Gasteiger partial charge in [0.15, 0.2) is 11.5 Å². The van der Waals surface area contributed by atoms with Gasteiger partial charge in [-0.1, -0.05) is 41.6 Å². The molecular formula is C18H18N4O4S. The first-order valence-corrected chi connectivity index (χ1v) is 9.03. The van der Waals surface area contributed by atoms with E-state index in [1.54, 1.807) is 0 Å².